The predicted molar refractivity (Wildman–Crippen MR) is 39.3 cm³/mol. The van der Waals surface area contributed by atoms with Crippen LogP contribution in [0.25, 0.3) is 0 Å². The third kappa shape index (κ3) is 0.968. The number of ether oxygens (including phenoxy) is 1. The van der Waals surface area contributed by atoms with E-state index in [1.807, 2.05) is 6.07 Å². The number of aromatic nitrogens is 1. The Hall–Kier alpha value is -0.700. The molecular formula is C7H6NOS. The van der Waals surface area contributed by atoms with Gasteiger partial charge in [-0.1, -0.05) is 0 Å². The first-order chi connectivity index (χ1) is 4.97. The summed E-state index contributed by atoms with van der Waals surface area (Å²) in [6.45, 7) is 0.772. The van der Waals surface area contributed by atoms with E-state index in [0.717, 1.165) is 23.1 Å². The van der Waals surface area contributed by atoms with Gasteiger partial charge in [-0.15, -0.1) is 11.8 Å². The zero-order valence-electron chi connectivity index (χ0n) is 5.33. The molecule has 3 heteroatoms. The second-order valence-corrected chi connectivity index (χ2v) is 3.07. The third-order valence-corrected chi connectivity index (χ3v) is 2.24. The number of thioether (sulfide) groups is 1. The molecule has 0 spiro atoms. The normalized spacial score (nSPS) is 15.6. The average molecular weight is 152 g/mol. The van der Waals surface area contributed by atoms with Crippen molar-refractivity contribution in [2.45, 2.75) is 4.90 Å². The zero-order valence-corrected chi connectivity index (χ0v) is 6.15. The molecule has 2 rings (SSSR count). The molecule has 1 aromatic heterocycles. The topological polar surface area (TPSA) is 22.1 Å². The van der Waals surface area contributed by atoms with Gasteiger partial charge in [-0.25, -0.2) is 4.98 Å². The van der Waals surface area contributed by atoms with Gasteiger partial charge in [0.25, 0.3) is 0 Å². The fourth-order valence-electron chi connectivity index (χ4n) is 0.836. The highest BCUT2D eigenvalue weighted by molar-refractivity contribution is 7.99. The van der Waals surface area contributed by atoms with Crippen LogP contribution in [0.3, 0.4) is 0 Å². The summed E-state index contributed by atoms with van der Waals surface area (Å²) in [5, 5.41) is 0. The molecule has 0 fully saturated rings. The van der Waals surface area contributed by atoms with Crippen LogP contribution in [-0.4, -0.2) is 17.3 Å². The molecule has 51 valence electrons. The first-order valence-electron chi connectivity index (χ1n) is 3.08. The van der Waals surface area contributed by atoms with Gasteiger partial charge in [-0.05, 0) is 6.07 Å². The predicted octanol–water partition coefficient (Wildman–Crippen LogP) is 1.37. The molecule has 10 heavy (non-hydrogen) atoms. The van der Waals surface area contributed by atoms with Crippen molar-refractivity contribution in [3.63, 3.8) is 0 Å². The molecule has 2 heterocycles. The Labute approximate surface area is 63.6 Å². The van der Waals surface area contributed by atoms with Gasteiger partial charge in [0.15, 0.2) is 0 Å². The lowest BCUT2D eigenvalue weighted by Gasteiger charge is -2.13. The Kier molecular flexibility index (Phi) is 1.51. The molecule has 0 amide bonds. The maximum atomic E-state index is 5.27. The molecule has 1 aliphatic heterocycles. The summed E-state index contributed by atoms with van der Waals surface area (Å²) in [7, 11) is 0. The van der Waals surface area contributed by atoms with E-state index in [4.69, 9.17) is 4.74 Å². The van der Waals surface area contributed by atoms with Crippen molar-refractivity contribution in [3.05, 3.63) is 18.3 Å². The van der Waals surface area contributed by atoms with Crippen molar-refractivity contribution in [3.8, 4) is 5.88 Å². The van der Waals surface area contributed by atoms with E-state index in [2.05, 4.69) is 11.1 Å². The van der Waals surface area contributed by atoms with E-state index in [-0.39, 0.29) is 0 Å². The van der Waals surface area contributed by atoms with Crippen LogP contribution >= 0.6 is 11.8 Å². The molecule has 1 radical (unpaired) electrons. The second kappa shape index (κ2) is 2.50. The average Bonchev–Trinajstić information content (AvgIpc) is 2.05. The number of fused-ring (bicyclic) bond motifs is 1. The van der Waals surface area contributed by atoms with Crippen molar-refractivity contribution in [2.24, 2.45) is 0 Å². The largest absolute Gasteiger partial charge is 0.476 e. The van der Waals surface area contributed by atoms with Crippen LogP contribution in [0.1, 0.15) is 0 Å². The number of hydrogen-bond donors (Lipinski definition) is 0. The van der Waals surface area contributed by atoms with E-state index >= 15 is 0 Å². The maximum absolute atomic E-state index is 5.27. The minimum absolute atomic E-state index is 0.759. The molecule has 0 aromatic carbocycles. The smallest absolute Gasteiger partial charge is 0.227 e. The van der Waals surface area contributed by atoms with E-state index in [1.165, 1.54) is 0 Å². The maximum Gasteiger partial charge on any atom is 0.227 e. The van der Waals surface area contributed by atoms with Crippen LogP contribution in [-0.2, 0) is 0 Å². The Morgan fingerprint density at radius 1 is 1.70 bits per heavy atom. The highest BCUT2D eigenvalue weighted by Gasteiger charge is 2.09. The van der Waals surface area contributed by atoms with Gasteiger partial charge in [-0.3, -0.25) is 0 Å². The Bertz CT molecular complexity index is 214. The molecule has 2 nitrogen and oxygen atoms in total. The van der Waals surface area contributed by atoms with Gasteiger partial charge in [0, 0.05) is 18.0 Å². The van der Waals surface area contributed by atoms with Gasteiger partial charge in [0.05, 0.1) is 11.5 Å². The van der Waals surface area contributed by atoms with E-state index in [1.54, 1.807) is 18.0 Å². The number of nitrogens with zero attached hydrogens (tertiary/aromatic N) is 1. The molecular weight excluding hydrogens is 146 g/mol. The van der Waals surface area contributed by atoms with Crippen molar-refractivity contribution in [1.29, 1.82) is 0 Å². The summed E-state index contributed by atoms with van der Waals surface area (Å²) >= 11 is 1.77. The zero-order chi connectivity index (χ0) is 6.81. The van der Waals surface area contributed by atoms with Crippen LogP contribution in [0.15, 0.2) is 17.2 Å². The van der Waals surface area contributed by atoms with E-state index in [9.17, 15) is 0 Å². The summed E-state index contributed by atoms with van der Waals surface area (Å²) in [6.07, 6.45) is 1.63. The van der Waals surface area contributed by atoms with Crippen LogP contribution in [0, 0.1) is 6.07 Å². The lowest BCUT2D eigenvalue weighted by atomic mass is 10.5. The quantitative estimate of drug-likeness (QED) is 0.560. The third-order valence-electron chi connectivity index (χ3n) is 1.26. The SMILES string of the molecule is [c]1cnc2c(c1)SCCO2. The number of rotatable bonds is 0. The van der Waals surface area contributed by atoms with Gasteiger partial charge in [0.2, 0.25) is 5.88 Å². The molecule has 0 unspecified atom stereocenters. The molecule has 0 atom stereocenters. The number of pyridine rings is 1. The van der Waals surface area contributed by atoms with Crippen molar-refractivity contribution in [2.75, 3.05) is 12.4 Å². The molecule has 0 N–H and O–H groups in total. The van der Waals surface area contributed by atoms with E-state index < -0.39 is 0 Å². The van der Waals surface area contributed by atoms with Crippen LogP contribution in [0.4, 0.5) is 0 Å². The van der Waals surface area contributed by atoms with Crippen molar-refractivity contribution >= 4 is 11.8 Å². The lowest BCUT2D eigenvalue weighted by molar-refractivity contribution is 0.315. The van der Waals surface area contributed by atoms with Gasteiger partial charge >= 0.3 is 0 Å². The minimum atomic E-state index is 0.759. The summed E-state index contributed by atoms with van der Waals surface area (Å²) in [4.78, 5) is 5.13. The van der Waals surface area contributed by atoms with E-state index in [0.29, 0.717) is 0 Å². The molecule has 0 saturated carbocycles. The van der Waals surface area contributed by atoms with Crippen LogP contribution in [0.2, 0.25) is 0 Å². The van der Waals surface area contributed by atoms with Crippen molar-refractivity contribution < 1.29 is 4.74 Å². The molecule has 1 aliphatic rings. The first kappa shape index (κ1) is 6.04. The molecule has 0 bridgehead atoms. The molecule has 0 saturated heterocycles. The van der Waals surface area contributed by atoms with Gasteiger partial charge in [-0.2, -0.15) is 0 Å². The monoisotopic (exact) mass is 152 g/mol. The van der Waals surface area contributed by atoms with Crippen LogP contribution < -0.4 is 4.74 Å². The highest BCUT2D eigenvalue weighted by atomic mass is 32.2. The summed E-state index contributed by atoms with van der Waals surface area (Å²) in [5.74, 6) is 1.78. The molecule has 1 aromatic rings. The highest BCUT2D eigenvalue weighted by Crippen LogP contribution is 2.29. The number of hydrogen-bond acceptors (Lipinski definition) is 3. The van der Waals surface area contributed by atoms with Gasteiger partial charge < -0.3 is 4.74 Å². The minimum Gasteiger partial charge on any atom is -0.476 e. The Morgan fingerprint density at radius 3 is 3.60 bits per heavy atom. The van der Waals surface area contributed by atoms with Crippen LogP contribution in [0.5, 0.6) is 5.88 Å². The Morgan fingerprint density at radius 2 is 2.70 bits per heavy atom. The Balaban J connectivity index is 2.41. The molecule has 0 aliphatic carbocycles. The van der Waals surface area contributed by atoms with Crippen molar-refractivity contribution in [1.82, 2.24) is 4.98 Å². The fourth-order valence-corrected chi connectivity index (χ4v) is 1.61. The lowest BCUT2D eigenvalue weighted by Crippen LogP contribution is -2.07. The summed E-state index contributed by atoms with van der Waals surface area (Å²) in [5.41, 5.74) is 0. The first-order valence-corrected chi connectivity index (χ1v) is 4.07. The van der Waals surface area contributed by atoms with Gasteiger partial charge in [0.1, 0.15) is 0 Å². The summed E-state index contributed by atoms with van der Waals surface area (Å²) < 4.78 is 5.27. The second-order valence-electron chi connectivity index (χ2n) is 1.94. The summed E-state index contributed by atoms with van der Waals surface area (Å²) in [6, 6.07) is 4.82. The standard InChI is InChI=1S/C7H6NOS/c1-2-6-7(8-3-1)9-4-5-10-6/h2-3H,4-5H2. The fraction of sp³-hybridized carbons (Fsp3) is 0.286.